The van der Waals surface area contributed by atoms with Crippen LogP contribution in [0.25, 0.3) is 0 Å². The standard InChI is InChI=1S/C10H14.C2H6.HI/c1-3-9(2)10-7-5-4-6-8-10;1-2;/h3,5,7-9H,1,4,6H2,2H3;1-2H3;1H. The monoisotopic (exact) mass is 292 g/mol. The third-order valence-electron chi connectivity index (χ3n) is 1.90. The maximum Gasteiger partial charge on any atom is -0.00164 e. The molecule has 0 nitrogen and oxygen atoms in total. The molecule has 0 aliphatic heterocycles. The maximum atomic E-state index is 3.76. The normalized spacial score (nSPS) is 15.8. The van der Waals surface area contributed by atoms with Gasteiger partial charge >= 0.3 is 0 Å². The molecule has 0 spiro atoms. The van der Waals surface area contributed by atoms with Gasteiger partial charge in [0.1, 0.15) is 0 Å². The Balaban J connectivity index is 0. The zero-order chi connectivity index (χ0) is 9.40. The summed E-state index contributed by atoms with van der Waals surface area (Å²) >= 11 is 0. The lowest BCUT2D eigenvalue weighted by molar-refractivity contribution is 0.859. The summed E-state index contributed by atoms with van der Waals surface area (Å²) in [6.07, 6.45) is 11.1. The van der Waals surface area contributed by atoms with Crippen LogP contribution in [-0.2, 0) is 0 Å². The molecule has 0 heterocycles. The molecular weight excluding hydrogens is 271 g/mol. The van der Waals surface area contributed by atoms with Gasteiger partial charge in [-0.15, -0.1) is 30.6 Å². The summed E-state index contributed by atoms with van der Waals surface area (Å²) in [7, 11) is 0. The quantitative estimate of drug-likeness (QED) is 0.510. The van der Waals surface area contributed by atoms with E-state index in [0.717, 1.165) is 0 Å². The fourth-order valence-corrected chi connectivity index (χ4v) is 1.11. The second-order valence-electron chi connectivity index (χ2n) is 2.71. The Kier molecular flexibility index (Phi) is 11.9. The van der Waals surface area contributed by atoms with Gasteiger partial charge in [0.15, 0.2) is 0 Å². The van der Waals surface area contributed by atoms with Gasteiger partial charge < -0.3 is 0 Å². The molecule has 0 fully saturated rings. The van der Waals surface area contributed by atoms with Gasteiger partial charge in [0.25, 0.3) is 0 Å². The fourth-order valence-electron chi connectivity index (χ4n) is 1.11. The highest BCUT2D eigenvalue weighted by atomic mass is 127. The van der Waals surface area contributed by atoms with Crippen molar-refractivity contribution in [2.75, 3.05) is 0 Å². The van der Waals surface area contributed by atoms with Gasteiger partial charge in [-0.25, -0.2) is 0 Å². The van der Waals surface area contributed by atoms with E-state index >= 15 is 0 Å². The maximum absolute atomic E-state index is 3.76. The molecule has 0 saturated carbocycles. The van der Waals surface area contributed by atoms with Crippen molar-refractivity contribution in [3.8, 4) is 0 Å². The highest BCUT2D eigenvalue weighted by molar-refractivity contribution is 14.0. The summed E-state index contributed by atoms with van der Waals surface area (Å²) in [5.41, 5.74) is 1.42. The Bertz CT molecular complexity index is 178. The molecule has 1 rings (SSSR count). The molecule has 76 valence electrons. The molecule has 1 heteroatoms. The smallest absolute Gasteiger partial charge is 0.00164 e. The predicted octanol–water partition coefficient (Wildman–Crippen LogP) is 4.73. The second kappa shape index (κ2) is 10.0. The third-order valence-corrected chi connectivity index (χ3v) is 1.90. The van der Waals surface area contributed by atoms with E-state index in [1.54, 1.807) is 0 Å². The highest BCUT2D eigenvalue weighted by Gasteiger charge is 2.02. The average molecular weight is 292 g/mol. The van der Waals surface area contributed by atoms with Crippen molar-refractivity contribution in [2.45, 2.75) is 33.6 Å². The van der Waals surface area contributed by atoms with Crippen LogP contribution in [0.4, 0.5) is 0 Å². The molecule has 0 N–H and O–H groups in total. The number of allylic oxidation sites excluding steroid dienone is 5. The Hall–Kier alpha value is -0.0500. The third kappa shape index (κ3) is 6.08. The van der Waals surface area contributed by atoms with Gasteiger partial charge in [0.05, 0.1) is 0 Å². The van der Waals surface area contributed by atoms with Crippen molar-refractivity contribution >= 4 is 24.0 Å². The number of rotatable bonds is 2. The average Bonchev–Trinajstić information content (AvgIpc) is 2.21. The van der Waals surface area contributed by atoms with E-state index in [2.05, 4.69) is 31.7 Å². The summed E-state index contributed by atoms with van der Waals surface area (Å²) in [4.78, 5) is 0. The minimum absolute atomic E-state index is 0. The van der Waals surface area contributed by atoms with Crippen LogP contribution in [0.1, 0.15) is 33.6 Å². The zero-order valence-corrected chi connectivity index (χ0v) is 11.2. The van der Waals surface area contributed by atoms with Crippen LogP contribution < -0.4 is 0 Å². The molecule has 13 heavy (non-hydrogen) atoms. The zero-order valence-electron chi connectivity index (χ0n) is 8.92. The van der Waals surface area contributed by atoms with Crippen LogP contribution in [0.3, 0.4) is 0 Å². The molecule has 1 aliphatic carbocycles. The van der Waals surface area contributed by atoms with Crippen LogP contribution in [0.2, 0.25) is 0 Å². The first-order valence-electron chi connectivity index (χ1n) is 4.83. The van der Waals surface area contributed by atoms with E-state index in [-0.39, 0.29) is 24.0 Å². The Morgan fingerprint density at radius 3 is 2.38 bits per heavy atom. The first-order valence-corrected chi connectivity index (χ1v) is 4.83. The van der Waals surface area contributed by atoms with Crippen molar-refractivity contribution in [2.24, 2.45) is 5.92 Å². The van der Waals surface area contributed by atoms with Gasteiger partial charge in [-0.3, -0.25) is 0 Å². The van der Waals surface area contributed by atoms with Crippen molar-refractivity contribution < 1.29 is 0 Å². The van der Waals surface area contributed by atoms with Crippen LogP contribution >= 0.6 is 24.0 Å². The Labute approximate surface area is 99.8 Å². The van der Waals surface area contributed by atoms with Crippen molar-refractivity contribution in [1.29, 1.82) is 0 Å². The van der Waals surface area contributed by atoms with Gasteiger partial charge in [0, 0.05) is 0 Å². The minimum atomic E-state index is 0. The summed E-state index contributed by atoms with van der Waals surface area (Å²) in [6.45, 7) is 9.94. The second-order valence-corrected chi connectivity index (χ2v) is 2.71. The van der Waals surface area contributed by atoms with Gasteiger partial charge in [-0.05, 0) is 24.3 Å². The molecule has 0 aromatic carbocycles. The lowest BCUT2D eigenvalue weighted by Crippen LogP contribution is -1.94. The molecule has 0 saturated heterocycles. The summed E-state index contributed by atoms with van der Waals surface area (Å²) < 4.78 is 0. The highest BCUT2D eigenvalue weighted by Crippen LogP contribution is 2.18. The fraction of sp³-hybridized carbons (Fsp3) is 0.500. The topological polar surface area (TPSA) is 0 Å². The van der Waals surface area contributed by atoms with E-state index in [1.165, 1.54) is 18.4 Å². The molecule has 1 aliphatic rings. The number of halogens is 1. The SMILES string of the molecule is C=CC(C)C1=CCCC=C1.CC.I. The summed E-state index contributed by atoms with van der Waals surface area (Å²) in [5.74, 6) is 0.525. The predicted molar refractivity (Wildman–Crippen MR) is 72.6 cm³/mol. The first kappa shape index (κ1) is 15.4. The molecule has 0 amide bonds. The molecular formula is C12H21I. The van der Waals surface area contributed by atoms with Crippen LogP contribution in [0.15, 0.2) is 36.5 Å². The summed E-state index contributed by atoms with van der Waals surface area (Å²) in [6, 6.07) is 0. The van der Waals surface area contributed by atoms with Crippen molar-refractivity contribution in [3.05, 3.63) is 36.5 Å². The van der Waals surface area contributed by atoms with Crippen LogP contribution in [0.5, 0.6) is 0 Å². The Morgan fingerprint density at radius 1 is 1.38 bits per heavy atom. The van der Waals surface area contributed by atoms with Crippen LogP contribution in [-0.4, -0.2) is 0 Å². The van der Waals surface area contributed by atoms with Gasteiger partial charge in [-0.2, -0.15) is 0 Å². The molecule has 0 bridgehead atoms. The number of hydrogen-bond acceptors (Lipinski definition) is 0. The first-order chi connectivity index (χ1) is 5.84. The molecule has 1 atom stereocenters. The van der Waals surface area contributed by atoms with E-state index < -0.39 is 0 Å². The van der Waals surface area contributed by atoms with E-state index in [4.69, 9.17) is 0 Å². The lowest BCUT2D eigenvalue weighted by atomic mass is 9.96. The van der Waals surface area contributed by atoms with Crippen molar-refractivity contribution in [3.63, 3.8) is 0 Å². The molecule has 0 radical (unpaired) electrons. The number of hydrogen-bond donors (Lipinski definition) is 0. The van der Waals surface area contributed by atoms with Gasteiger partial charge in [0.2, 0.25) is 0 Å². The molecule has 0 aromatic rings. The Morgan fingerprint density at radius 2 is 2.00 bits per heavy atom. The van der Waals surface area contributed by atoms with Crippen molar-refractivity contribution in [1.82, 2.24) is 0 Å². The van der Waals surface area contributed by atoms with Gasteiger partial charge in [-0.1, -0.05) is 45.1 Å². The summed E-state index contributed by atoms with van der Waals surface area (Å²) in [5, 5.41) is 0. The largest absolute Gasteiger partial charge is 0.107 e. The van der Waals surface area contributed by atoms with Crippen LogP contribution in [0, 0.1) is 5.92 Å². The van der Waals surface area contributed by atoms with E-state index in [1.807, 2.05) is 19.9 Å². The molecule has 0 aromatic heterocycles. The lowest BCUT2D eigenvalue weighted by Gasteiger charge is -2.10. The minimum Gasteiger partial charge on any atom is -0.107 e. The molecule has 1 unspecified atom stereocenters. The van der Waals surface area contributed by atoms with E-state index in [9.17, 15) is 0 Å². The van der Waals surface area contributed by atoms with E-state index in [0.29, 0.717) is 5.92 Å².